The maximum absolute atomic E-state index is 12.3. The molecule has 0 radical (unpaired) electrons. The topological polar surface area (TPSA) is 67.5 Å². The van der Waals surface area contributed by atoms with E-state index in [1.165, 1.54) is 12.1 Å². The van der Waals surface area contributed by atoms with Gasteiger partial charge in [0.1, 0.15) is 11.5 Å². The van der Waals surface area contributed by atoms with Crippen molar-refractivity contribution in [1.29, 1.82) is 0 Å². The minimum Gasteiger partial charge on any atom is -0.478 e. The molecule has 1 aromatic heterocycles. The van der Waals surface area contributed by atoms with Gasteiger partial charge in [-0.15, -0.1) is 0 Å². The number of carbonyl (C=O) groups is 2. The Labute approximate surface area is 140 Å². The molecular formula is C20H18O4. The van der Waals surface area contributed by atoms with Crippen molar-refractivity contribution in [2.45, 2.75) is 19.8 Å². The Morgan fingerprint density at radius 3 is 2.58 bits per heavy atom. The van der Waals surface area contributed by atoms with E-state index in [9.17, 15) is 9.59 Å². The van der Waals surface area contributed by atoms with E-state index in [1.54, 1.807) is 18.2 Å². The summed E-state index contributed by atoms with van der Waals surface area (Å²) in [6.45, 7) is 5.97. The predicted molar refractivity (Wildman–Crippen MR) is 91.6 cm³/mol. The number of rotatable bonds is 4. The van der Waals surface area contributed by atoms with E-state index in [1.807, 2.05) is 19.1 Å². The lowest BCUT2D eigenvalue weighted by atomic mass is 10.0. The molecule has 1 atom stereocenters. The smallest absolute Gasteiger partial charge is 0.335 e. The lowest BCUT2D eigenvalue weighted by Gasteiger charge is -2.02. The third-order valence-electron chi connectivity index (χ3n) is 4.31. The molecule has 0 aliphatic heterocycles. The largest absolute Gasteiger partial charge is 0.478 e. The van der Waals surface area contributed by atoms with Gasteiger partial charge in [0.05, 0.1) is 5.56 Å². The molecule has 0 saturated heterocycles. The quantitative estimate of drug-likeness (QED) is 0.660. The van der Waals surface area contributed by atoms with Crippen molar-refractivity contribution >= 4 is 17.8 Å². The van der Waals surface area contributed by atoms with Gasteiger partial charge in [-0.25, -0.2) is 4.79 Å². The summed E-state index contributed by atoms with van der Waals surface area (Å²) in [7, 11) is 0. The van der Waals surface area contributed by atoms with Crippen molar-refractivity contribution in [1.82, 2.24) is 0 Å². The number of hydrogen-bond donors (Lipinski definition) is 1. The van der Waals surface area contributed by atoms with Gasteiger partial charge in [-0.3, -0.25) is 4.79 Å². The lowest BCUT2D eigenvalue weighted by molar-refractivity contribution is -0.117. The first kappa shape index (κ1) is 16.0. The van der Waals surface area contributed by atoms with Crippen LogP contribution in [0.25, 0.3) is 17.4 Å². The standard InChI is InChI=1S/C20H18O4/c1-3-17-12(2)10-15(19(17)21)11-16-8-9-18(24-16)13-4-6-14(7-5-13)20(22)23/h4-9,11,17H,2-3,10H2,1H3,(H,22,23)/b15-11+. The molecule has 2 aromatic rings. The van der Waals surface area contributed by atoms with E-state index in [4.69, 9.17) is 9.52 Å². The molecule has 4 heteroatoms. The number of hydrogen-bond acceptors (Lipinski definition) is 3. The van der Waals surface area contributed by atoms with E-state index in [2.05, 4.69) is 6.58 Å². The summed E-state index contributed by atoms with van der Waals surface area (Å²) in [5.74, 6) is 0.340. The molecule has 1 unspecified atom stereocenters. The van der Waals surface area contributed by atoms with Gasteiger partial charge in [-0.05, 0) is 43.2 Å². The highest BCUT2D eigenvalue weighted by atomic mass is 16.4. The molecule has 0 amide bonds. The molecule has 4 nitrogen and oxygen atoms in total. The van der Waals surface area contributed by atoms with Crippen LogP contribution in [0.1, 0.15) is 35.9 Å². The van der Waals surface area contributed by atoms with Crippen LogP contribution in [0.15, 0.2) is 58.5 Å². The summed E-state index contributed by atoms with van der Waals surface area (Å²) >= 11 is 0. The van der Waals surface area contributed by atoms with Crippen LogP contribution in [-0.2, 0) is 4.79 Å². The van der Waals surface area contributed by atoms with E-state index < -0.39 is 5.97 Å². The van der Waals surface area contributed by atoms with Crippen molar-refractivity contribution in [2.24, 2.45) is 5.92 Å². The summed E-state index contributed by atoms with van der Waals surface area (Å²) in [5, 5.41) is 8.93. The molecule has 3 rings (SSSR count). The van der Waals surface area contributed by atoms with Gasteiger partial charge in [-0.2, -0.15) is 0 Å². The fourth-order valence-electron chi connectivity index (χ4n) is 2.99. The van der Waals surface area contributed by atoms with Crippen LogP contribution >= 0.6 is 0 Å². The number of ketones is 1. The van der Waals surface area contributed by atoms with Crippen LogP contribution in [0.3, 0.4) is 0 Å². The maximum Gasteiger partial charge on any atom is 0.335 e. The number of benzene rings is 1. The molecule has 24 heavy (non-hydrogen) atoms. The summed E-state index contributed by atoms with van der Waals surface area (Å²) < 4.78 is 5.78. The highest BCUT2D eigenvalue weighted by molar-refractivity contribution is 6.05. The van der Waals surface area contributed by atoms with E-state index in [0.717, 1.165) is 23.1 Å². The fraction of sp³-hybridized carbons (Fsp3) is 0.200. The first-order valence-electron chi connectivity index (χ1n) is 7.85. The molecule has 1 heterocycles. The summed E-state index contributed by atoms with van der Waals surface area (Å²) in [6.07, 6.45) is 3.15. The highest BCUT2D eigenvalue weighted by Gasteiger charge is 2.31. The van der Waals surface area contributed by atoms with Crippen LogP contribution < -0.4 is 0 Å². The van der Waals surface area contributed by atoms with Gasteiger partial charge in [0.25, 0.3) is 0 Å². The second-order valence-electron chi connectivity index (χ2n) is 5.91. The number of carboxylic acids is 1. The summed E-state index contributed by atoms with van der Waals surface area (Å²) in [6, 6.07) is 10.1. The Bertz CT molecular complexity index is 837. The van der Waals surface area contributed by atoms with Gasteiger partial charge in [0.15, 0.2) is 5.78 Å². The molecule has 1 saturated carbocycles. The van der Waals surface area contributed by atoms with Crippen molar-refractivity contribution in [2.75, 3.05) is 0 Å². The molecule has 1 aliphatic carbocycles. The summed E-state index contributed by atoms with van der Waals surface area (Å²) in [5.41, 5.74) is 2.71. The van der Waals surface area contributed by atoms with Gasteiger partial charge < -0.3 is 9.52 Å². The van der Waals surface area contributed by atoms with Crippen LogP contribution in [-0.4, -0.2) is 16.9 Å². The third-order valence-corrected chi connectivity index (χ3v) is 4.31. The number of furan rings is 1. The minimum atomic E-state index is -0.961. The number of carboxylic acid groups (broad SMARTS) is 1. The molecule has 1 fully saturated rings. The summed E-state index contributed by atoms with van der Waals surface area (Å²) in [4.78, 5) is 23.2. The third kappa shape index (κ3) is 2.95. The van der Waals surface area contributed by atoms with Gasteiger partial charge in [-0.1, -0.05) is 31.2 Å². The first-order chi connectivity index (χ1) is 11.5. The van der Waals surface area contributed by atoms with E-state index >= 15 is 0 Å². The zero-order chi connectivity index (χ0) is 17.3. The zero-order valence-electron chi connectivity index (χ0n) is 13.4. The first-order valence-corrected chi connectivity index (χ1v) is 7.85. The monoisotopic (exact) mass is 322 g/mol. The van der Waals surface area contributed by atoms with Crippen molar-refractivity contribution in [3.63, 3.8) is 0 Å². The maximum atomic E-state index is 12.3. The number of carbonyl (C=O) groups excluding carboxylic acids is 1. The van der Waals surface area contributed by atoms with Crippen LogP contribution in [0.2, 0.25) is 0 Å². The van der Waals surface area contributed by atoms with Gasteiger partial charge in [0, 0.05) is 17.1 Å². The Morgan fingerprint density at radius 1 is 1.29 bits per heavy atom. The van der Waals surface area contributed by atoms with Crippen molar-refractivity contribution in [3.8, 4) is 11.3 Å². The van der Waals surface area contributed by atoms with Crippen molar-refractivity contribution < 1.29 is 19.1 Å². The Morgan fingerprint density at radius 2 is 2.00 bits per heavy atom. The van der Waals surface area contributed by atoms with Crippen LogP contribution in [0.4, 0.5) is 0 Å². The van der Waals surface area contributed by atoms with Gasteiger partial charge >= 0.3 is 5.97 Å². The zero-order valence-corrected chi connectivity index (χ0v) is 13.4. The fourth-order valence-corrected chi connectivity index (χ4v) is 2.99. The minimum absolute atomic E-state index is 0.0748. The van der Waals surface area contributed by atoms with E-state index in [-0.39, 0.29) is 17.3 Å². The number of Topliss-reactive ketones (excluding diaryl/α,β-unsaturated/α-hetero) is 1. The number of allylic oxidation sites excluding steroid dienone is 2. The second kappa shape index (κ2) is 6.32. The Kier molecular flexibility index (Phi) is 4.21. The molecule has 122 valence electrons. The normalized spacial score (nSPS) is 19.2. The average molecular weight is 322 g/mol. The highest BCUT2D eigenvalue weighted by Crippen LogP contribution is 2.35. The Hall–Kier alpha value is -2.88. The molecule has 1 aromatic carbocycles. The second-order valence-corrected chi connectivity index (χ2v) is 5.91. The predicted octanol–water partition coefficient (Wildman–Crippen LogP) is 4.58. The average Bonchev–Trinajstić information content (AvgIpc) is 3.13. The molecule has 0 bridgehead atoms. The molecule has 0 spiro atoms. The molecular weight excluding hydrogens is 304 g/mol. The van der Waals surface area contributed by atoms with Gasteiger partial charge in [0.2, 0.25) is 0 Å². The Balaban J connectivity index is 1.83. The molecule has 1 aliphatic rings. The van der Waals surface area contributed by atoms with Crippen molar-refractivity contribution in [3.05, 3.63) is 65.4 Å². The SMILES string of the molecule is C=C1C/C(=C\c2ccc(-c3ccc(C(=O)O)cc3)o2)C(=O)C1CC. The van der Waals surface area contributed by atoms with Crippen LogP contribution in [0, 0.1) is 5.92 Å². The number of aromatic carboxylic acids is 1. The lowest BCUT2D eigenvalue weighted by Crippen LogP contribution is -2.06. The molecule has 1 N–H and O–H groups in total. The van der Waals surface area contributed by atoms with Crippen LogP contribution in [0.5, 0.6) is 0 Å². The van der Waals surface area contributed by atoms with E-state index in [0.29, 0.717) is 17.9 Å².